The van der Waals surface area contributed by atoms with Crippen molar-refractivity contribution in [2.45, 2.75) is 167 Å². The van der Waals surface area contributed by atoms with Gasteiger partial charge in [-0.1, -0.05) is 96.8 Å². The van der Waals surface area contributed by atoms with Crippen molar-refractivity contribution >= 4 is 5.97 Å². The number of esters is 1. The summed E-state index contributed by atoms with van der Waals surface area (Å²) in [5.41, 5.74) is 0.0626. The number of carbonyl (C=O) groups is 1. The minimum Gasteiger partial charge on any atom is -0.460 e. The van der Waals surface area contributed by atoms with Crippen LogP contribution in [-0.2, 0) is 9.53 Å². The average molecular weight is 438 g/mol. The summed E-state index contributed by atoms with van der Waals surface area (Å²) >= 11 is 0. The Bertz CT molecular complexity index is 472. The maximum atomic E-state index is 12.4. The third-order valence-electron chi connectivity index (χ3n) is 7.84. The molecular weight excluding hydrogens is 382 g/mol. The predicted molar refractivity (Wildman–Crippen MR) is 135 cm³/mol. The lowest BCUT2D eigenvalue weighted by atomic mass is 9.78. The van der Waals surface area contributed by atoms with Crippen LogP contribution in [0, 0.1) is 0 Å². The Morgan fingerprint density at radius 3 is 1.65 bits per heavy atom. The first-order chi connectivity index (χ1) is 14.7. The minimum atomic E-state index is -0.105. The summed E-state index contributed by atoms with van der Waals surface area (Å²) in [6.45, 7) is 11.3. The van der Waals surface area contributed by atoms with E-state index in [0.29, 0.717) is 6.42 Å². The molecule has 0 bridgehead atoms. The van der Waals surface area contributed by atoms with Crippen molar-refractivity contribution in [2.75, 3.05) is 7.05 Å². The summed E-state index contributed by atoms with van der Waals surface area (Å²) in [5, 5.41) is 0. The van der Waals surface area contributed by atoms with Crippen molar-refractivity contribution in [3.05, 3.63) is 0 Å². The number of carbonyl (C=O) groups excluding carboxylic acids is 1. The highest BCUT2D eigenvalue weighted by Gasteiger charge is 2.46. The predicted octanol–water partition coefficient (Wildman–Crippen LogP) is 8.44. The Labute approximate surface area is 195 Å². The smallest absolute Gasteiger partial charge is 0.306 e. The molecule has 0 aromatic rings. The van der Waals surface area contributed by atoms with Gasteiger partial charge in [-0.15, -0.1) is 0 Å². The molecule has 0 aromatic heterocycles. The van der Waals surface area contributed by atoms with Crippen LogP contribution in [0.1, 0.15) is 150 Å². The Kier molecular flexibility index (Phi) is 14.0. The minimum absolute atomic E-state index is 0.000810. The topological polar surface area (TPSA) is 29.5 Å². The molecule has 0 N–H and O–H groups in total. The van der Waals surface area contributed by atoms with Gasteiger partial charge in [-0.2, -0.15) is 0 Å². The second kappa shape index (κ2) is 15.3. The third-order valence-corrected chi connectivity index (χ3v) is 7.84. The highest BCUT2D eigenvalue weighted by molar-refractivity contribution is 5.69. The van der Waals surface area contributed by atoms with E-state index in [-0.39, 0.29) is 23.2 Å². The largest absolute Gasteiger partial charge is 0.460 e. The lowest BCUT2D eigenvalue weighted by molar-refractivity contribution is -0.167. The highest BCUT2D eigenvalue weighted by Crippen LogP contribution is 2.38. The molecule has 0 spiro atoms. The zero-order chi connectivity index (χ0) is 23.2. The van der Waals surface area contributed by atoms with Gasteiger partial charge in [0.1, 0.15) is 6.10 Å². The van der Waals surface area contributed by atoms with Crippen molar-refractivity contribution in [3.63, 3.8) is 0 Å². The normalized spacial score (nSPS) is 20.6. The number of hydrogen-bond donors (Lipinski definition) is 0. The molecule has 31 heavy (non-hydrogen) atoms. The van der Waals surface area contributed by atoms with Gasteiger partial charge >= 0.3 is 5.97 Å². The molecule has 184 valence electrons. The van der Waals surface area contributed by atoms with Crippen LogP contribution >= 0.6 is 0 Å². The molecular formula is C28H55NO2. The standard InChI is InChI=1S/C28H55NO2/c1-7-8-9-10-11-12-13-14-15-16-17-18-19-20-21-22-26(30)31-25-23-24-27(2,3)29(6)28(25,4)5/h25H,7-24H2,1-6H3. The maximum absolute atomic E-state index is 12.4. The summed E-state index contributed by atoms with van der Waals surface area (Å²) in [6, 6.07) is 0. The third kappa shape index (κ3) is 11.2. The van der Waals surface area contributed by atoms with Crippen molar-refractivity contribution in [3.8, 4) is 0 Å². The van der Waals surface area contributed by atoms with Crippen LogP contribution in [0.4, 0.5) is 0 Å². The second-order valence-corrected chi connectivity index (χ2v) is 11.2. The van der Waals surface area contributed by atoms with E-state index in [4.69, 9.17) is 4.74 Å². The van der Waals surface area contributed by atoms with E-state index in [1.807, 2.05) is 0 Å². The first-order valence-electron chi connectivity index (χ1n) is 13.6. The fraction of sp³-hybridized carbons (Fsp3) is 0.964. The van der Waals surface area contributed by atoms with E-state index in [2.05, 4.69) is 46.6 Å². The zero-order valence-electron chi connectivity index (χ0n) is 22.1. The summed E-state index contributed by atoms with van der Waals surface area (Å²) in [5.74, 6) is 0.000810. The molecule has 1 aliphatic heterocycles. The van der Waals surface area contributed by atoms with Crippen LogP contribution in [0.15, 0.2) is 0 Å². The molecule has 1 fully saturated rings. The first kappa shape index (κ1) is 28.5. The van der Waals surface area contributed by atoms with Crippen LogP contribution in [-0.4, -0.2) is 35.1 Å². The maximum Gasteiger partial charge on any atom is 0.306 e. The number of hydrogen-bond acceptors (Lipinski definition) is 3. The second-order valence-electron chi connectivity index (χ2n) is 11.2. The summed E-state index contributed by atoms with van der Waals surface area (Å²) < 4.78 is 5.91. The first-order valence-corrected chi connectivity index (χ1v) is 13.6. The monoisotopic (exact) mass is 437 g/mol. The SMILES string of the molecule is CCCCCCCCCCCCCCCCCC(=O)OC1CCC(C)(C)N(C)C1(C)C. The molecule has 0 saturated carbocycles. The van der Waals surface area contributed by atoms with E-state index in [9.17, 15) is 4.79 Å². The Morgan fingerprint density at radius 1 is 0.774 bits per heavy atom. The van der Waals surface area contributed by atoms with Gasteiger partial charge in [-0.05, 0) is 54.0 Å². The number of piperidine rings is 1. The van der Waals surface area contributed by atoms with E-state index in [0.717, 1.165) is 25.7 Å². The van der Waals surface area contributed by atoms with Gasteiger partial charge in [0.25, 0.3) is 0 Å². The van der Waals surface area contributed by atoms with Gasteiger partial charge in [0.15, 0.2) is 0 Å². The Balaban J connectivity index is 1.96. The lowest BCUT2D eigenvalue weighted by Crippen LogP contribution is -2.63. The van der Waals surface area contributed by atoms with Crippen LogP contribution in [0.25, 0.3) is 0 Å². The number of likely N-dealkylation sites (tertiary alicyclic amines) is 1. The number of nitrogens with zero attached hydrogens (tertiary/aromatic N) is 1. The van der Waals surface area contributed by atoms with Gasteiger partial charge in [0.05, 0.1) is 5.54 Å². The molecule has 0 aromatic carbocycles. The van der Waals surface area contributed by atoms with E-state index in [1.54, 1.807) is 0 Å². The molecule has 1 aliphatic rings. The fourth-order valence-electron chi connectivity index (χ4n) is 5.06. The fourth-order valence-corrected chi connectivity index (χ4v) is 5.06. The molecule has 3 nitrogen and oxygen atoms in total. The number of rotatable bonds is 17. The lowest BCUT2D eigenvalue weighted by Gasteiger charge is -2.54. The zero-order valence-corrected chi connectivity index (χ0v) is 22.1. The number of likely N-dealkylation sites (N-methyl/N-ethyl adjacent to an activating group) is 1. The van der Waals surface area contributed by atoms with Crippen LogP contribution in [0.2, 0.25) is 0 Å². The molecule has 3 heteroatoms. The molecule has 0 aliphatic carbocycles. The molecule has 1 atom stereocenters. The van der Waals surface area contributed by atoms with Gasteiger partial charge in [0.2, 0.25) is 0 Å². The van der Waals surface area contributed by atoms with Crippen molar-refractivity contribution in [1.82, 2.24) is 4.90 Å². The molecule has 1 heterocycles. The van der Waals surface area contributed by atoms with Crippen LogP contribution in [0.3, 0.4) is 0 Å². The summed E-state index contributed by atoms with van der Waals surface area (Å²) in [6.07, 6.45) is 22.9. The van der Waals surface area contributed by atoms with E-state index < -0.39 is 0 Å². The average Bonchev–Trinajstić information content (AvgIpc) is 2.72. The summed E-state index contributed by atoms with van der Waals surface area (Å²) in [7, 11) is 2.16. The van der Waals surface area contributed by atoms with Crippen LogP contribution in [0.5, 0.6) is 0 Å². The van der Waals surface area contributed by atoms with Crippen molar-refractivity contribution < 1.29 is 9.53 Å². The summed E-state index contributed by atoms with van der Waals surface area (Å²) in [4.78, 5) is 14.7. The Morgan fingerprint density at radius 2 is 1.19 bits per heavy atom. The molecule has 0 radical (unpaired) electrons. The van der Waals surface area contributed by atoms with Gasteiger partial charge < -0.3 is 4.74 Å². The molecule has 1 rings (SSSR count). The quantitative estimate of drug-likeness (QED) is 0.169. The highest BCUT2D eigenvalue weighted by atomic mass is 16.5. The number of ether oxygens (including phenoxy) is 1. The van der Waals surface area contributed by atoms with Crippen molar-refractivity contribution in [2.24, 2.45) is 0 Å². The van der Waals surface area contributed by atoms with E-state index >= 15 is 0 Å². The van der Waals surface area contributed by atoms with E-state index in [1.165, 1.54) is 83.5 Å². The molecule has 1 saturated heterocycles. The Hall–Kier alpha value is -0.570. The van der Waals surface area contributed by atoms with Gasteiger partial charge in [-0.25, -0.2) is 0 Å². The van der Waals surface area contributed by atoms with Crippen LogP contribution < -0.4 is 0 Å². The van der Waals surface area contributed by atoms with Crippen molar-refractivity contribution in [1.29, 1.82) is 0 Å². The molecule has 1 unspecified atom stereocenters. The van der Waals surface area contributed by atoms with Gasteiger partial charge in [0, 0.05) is 12.0 Å². The molecule has 0 amide bonds. The number of unbranched alkanes of at least 4 members (excludes halogenated alkanes) is 14. The van der Waals surface area contributed by atoms with Gasteiger partial charge in [-0.3, -0.25) is 9.69 Å².